The number of halogens is 1. The van der Waals surface area contributed by atoms with Crippen LogP contribution < -0.4 is 10.1 Å². The van der Waals surface area contributed by atoms with Crippen LogP contribution in [0.4, 0.5) is 4.39 Å². The van der Waals surface area contributed by atoms with Crippen molar-refractivity contribution >= 4 is 5.91 Å². The molecule has 0 fully saturated rings. The molecule has 0 radical (unpaired) electrons. The summed E-state index contributed by atoms with van der Waals surface area (Å²) in [6.45, 7) is 0.0303. The smallest absolute Gasteiger partial charge is 0.251 e. The fourth-order valence-corrected chi connectivity index (χ4v) is 1.89. The van der Waals surface area contributed by atoms with E-state index in [2.05, 4.69) is 5.32 Å². The molecule has 0 bridgehead atoms. The van der Waals surface area contributed by atoms with Gasteiger partial charge in [-0.2, -0.15) is 0 Å². The minimum Gasteiger partial charge on any atom is -0.497 e. The van der Waals surface area contributed by atoms with Crippen molar-refractivity contribution in [1.82, 2.24) is 5.32 Å². The van der Waals surface area contributed by atoms with E-state index in [1.807, 2.05) is 0 Å². The van der Waals surface area contributed by atoms with E-state index in [4.69, 9.17) is 4.74 Å². The van der Waals surface area contributed by atoms with Crippen LogP contribution in [0.1, 0.15) is 22.0 Å². The molecule has 0 aromatic heterocycles. The number of ether oxygens (including phenoxy) is 1. The average molecular weight is 289 g/mol. The molecular weight excluding hydrogens is 273 g/mol. The van der Waals surface area contributed by atoms with Crippen LogP contribution in [0.15, 0.2) is 48.5 Å². The van der Waals surface area contributed by atoms with Crippen LogP contribution in [0.5, 0.6) is 5.75 Å². The van der Waals surface area contributed by atoms with Gasteiger partial charge in [0.05, 0.1) is 13.2 Å². The van der Waals surface area contributed by atoms with Crippen molar-refractivity contribution < 1.29 is 19.0 Å². The van der Waals surface area contributed by atoms with Crippen LogP contribution in [-0.2, 0) is 0 Å². The van der Waals surface area contributed by atoms with Gasteiger partial charge in [-0.25, -0.2) is 4.39 Å². The Morgan fingerprint density at radius 2 is 2.05 bits per heavy atom. The molecule has 2 N–H and O–H groups in total. The second-order valence-corrected chi connectivity index (χ2v) is 4.51. The normalized spacial score (nSPS) is 11.8. The molecule has 0 aliphatic heterocycles. The molecule has 2 rings (SSSR count). The maximum atomic E-state index is 13.0. The van der Waals surface area contributed by atoms with Gasteiger partial charge in [0.15, 0.2) is 0 Å². The molecule has 4 nitrogen and oxygen atoms in total. The first-order chi connectivity index (χ1) is 10.1. The number of nitrogens with one attached hydrogen (secondary N) is 1. The van der Waals surface area contributed by atoms with Crippen LogP contribution in [0.2, 0.25) is 0 Å². The molecule has 0 saturated heterocycles. The molecule has 0 saturated carbocycles. The standard InChI is InChI=1S/C16H16FNO3/c1-21-14-7-3-4-11(9-14)15(19)10-18-16(20)12-5-2-6-13(17)8-12/h2-9,15,19H,10H2,1H3,(H,18,20). The van der Waals surface area contributed by atoms with Gasteiger partial charge in [0.2, 0.25) is 0 Å². The summed E-state index contributed by atoms with van der Waals surface area (Å²) in [6, 6.07) is 12.3. The molecule has 0 heterocycles. The molecule has 0 aliphatic carbocycles. The van der Waals surface area contributed by atoms with Gasteiger partial charge in [-0.15, -0.1) is 0 Å². The third-order valence-electron chi connectivity index (χ3n) is 3.02. The SMILES string of the molecule is COc1cccc(C(O)CNC(=O)c2cccc(F)c2)c1. The molecule has 2 aromatic rings. The van der Waals surface area contributed by atoms with Crippen molar-refractivity contribution in [2.75, 3.05) is 13.7 Å². The third-order valence-corrected chi connectivity index (χ3v) is 3.02. The predicted molar refractivity (Wildman–Crippen MR) is 76.7 cm³/mol. The highest BCUT2D eigenvalue weighted by Gasteiger charge is 2.12. The number of carbonyl (C=O) groups is 1. The predicted octanol–water partition coefficient (Wildman–Crippen LogP) is 2.30. The minimum absolute atomic E-state index is 0.0303. The van der Waals surface area contributed by atoms with Gasteiger partial charge in [0.1, 0.15) is 11.6 Å². The van der Waals surface area contributed by atoms with Crippen LogP contribution in [0.25, 0.3) is 0 Å². The monoisotopic (exact) mass is 289 g/mol. The number of carbonyl (C=O) groups excluding carboxylic acids is 1. The van der Waals surface area contributed by atoms with E-state index in [9.17, 15) is 14.3 Å². The Morgan fingerprint density at radius 1 is 1.29 bits per heavy atom. The summed E-state index contributed by atoms with van der Waals surface area (Å²) < 4.78 is 18.1. The largest absolute Gasteiger partial charge is 0.497 e. The highest BCUT2D eigenvalue weighted by molar-refractivity contribution is 5.94. The third kappa shape index (κ3) is 4.03. The molecule has 1 amide bonds. The van der Waals surface area contributed by atoms with Crippen molar-refractivity contribution in [2.45, 2.75) is 6.10 Å². The van der Waals surface area contributed by atoms with Crippen molar-refractivity contribution in [1.29, 1.82) is 0 Å². The summed E-state index contributed by atoms with van der Waals surface area (Å²) in [5.74, 6) is -0.282. The molecular formula is C16H16FNO3. The average Bonchev–Trinajstić information content (AvgIpc) is 2.52. The van der Waals surface area contributed by atoms with Crippen molar-refractivity contribution in [3.63, 3.8) is 0 Å². The van der Waals surface area contributed by atoms with Crippen molar-refractivity contribution in [2.24, 2.45) is 0 Å². The van der Waals surface area contributed by atoms with Crippen molar-refractivity contribution in [3.8, 4) is 5.75 Å². The lowest BCUT2D eigenvalue weighted by molar-refractivity contribution is 0.0916. The van der Waals surface area contributed by atoms with Gasteiger partial charge in [-0.1, -0.05) is 18.2 Å². The van der Waals surface area contributed by atoms with E-state index in [1.165, 1.54) is 25.3 Å². The molecule has 1 atom stereocenters. The van der Waals surface area contributed by atoms with E-state index >= 15 is 0 Å². The van der Waals surface area contributed by atoms with Gasteiger partial charge in [0, 0.05) is 12.1 Å². The van der Waals surface area contributed by atoms with E-state index < -0.39 is 17.8 Å². The maximum Gasteiger partial charge on any atom is 0.251 e. The summed E-state index contributed by atoms with van der Waals surface area (Å²) >= 11 is 0. The fourth-order valence-electron chi connectivity index (χ4n) is 1.89. The Kier molecular flexibility index (Phi) is 4.90. The summed E-state index contributed by atoms with van der Waals surface area (Å²) in [7, 11) is 1.54. The molecule has 0 spiro atoms. The molecule has 1 unspecified atom stereocenters. The number of hydrogen-bond donors (Lipinski definition) is 2. The Balaban J connectivity index is 1.97. The first kappa shape index (κ1) is 15.0. The molecule has 5 heteroatoms. The molecule has 0 aliphatic rings. The highest BCUT2D eigenvalue weighted by Crippen LogP contribution is 2.18. The molecule has 2 aromatic carbocycles. The quantitative estimate of drug-likeness (QED) is 0.888. The second kappa shape index (κ2) is 6.85. The lowest BCUT2D eigenvalue weighted by Gasteiger charge is -2.13. The number of benzene rings is 2. The zero-order valence-corrected chi connectivity index (χ0v) is 11.5. The lowest BCUT2D eigenvalue weighted by atomic mass is 10.1. The van der Waals surface area contributed by atoms with Gasteiger partial charge in [-0.05, 0) is 35.9 Å². The topological polar surface area (TPSA) is 58.6 Å². The van der Waals surface area contributed by atoms with Crippen LogP contribution in [0.3, 0.4) is 0 Å². The Labute approximate surface area is 122 Å². The van der Waals surface area contributed by atoms with Crippen molar-refractivity contribution in [3.05, 3.63) is 65.5 Å². The van der Waals surface area contributed by atoms with Gasteiger partial charge >= 0.3 is 0 Å². The van der Waals surface area contributed by atoms with E-state index in [1.54, 1.807) is 24.3 Å². The van der Waals surface area contributed by atoms with Gasteiger partial charge in [-0.3, -0.25) is 4.79 Å². The Hall–Kier alpha value is -2.40. The summed E-state index contributed by atoms with van der Waals surface area (Å²) in [5.41, 5.74) is 0.849. The summed E-state index contributed by atoms with van der Waals surface area (Å²) in [5, 5.41) is 12.6. The summed E-state index contributed by atoms with van der Waals surface area (Å²) in [4.78, 5) is 11.8. The Morgan fingerprint density at radius 3 is 2.76 bits per heavy atom. The number of aliphatic hydroxyl groups is 1. The number of methoxy groups -OCH3 is 1. The second-order valence-electron chi connectivity index (χ2n) is 4.51. The zero-order chi connectivity index (χ0) is 15.2. The van der Waals surface area contributed by atoms with Crippen LogP contribution in [0, 0.1) is 5.82 Å². The summed E-state index contributed by atoms with van der Waals surface area (Å²) in [6.07, 6.45) is -0.863. The van der Waals surface area contributed by atoms with Gasteiger partial charge < -0.3 is 15.2 Å². The zero-order valence-electron chi connectivity index (χ0n) is 11.5. The van der Waals surface area contributed by atoms with E-state index in [0.29, 0.717) is 11.3 Å². The molecule has 110 valence electrons. The number of aliphatic hydroxyl groups excluding tert-OH is 1. The van der Waals surface area contributed by atoms with E-state index in [-0.39, 0.29) is 12.1 Å². The van der Waals surface area contributed by atoms with Crippen LogP contribution >= 0.6 is 0 Å². The molecule has 21 heavy (non-hydrogen) atoms. The number of rotatable bonds is 5. The number of amides is 1. The first-order valence-corrected chi connectivity index (χ1v) is 6.46. The minimum atomic E-state index is -0.863. The van der Waals surface area contributed by atoms with E-state index in [0.717, 1.165) is 6.07 Å². The first-order valence-electron chi connectivity index (χ1n) is 6.46. The van der Waals surface area contributed by atoms with Gasteiger partial charge in [0.25, 0.3) is 5.91 Å². The Bertz CT molecular complexity index is 630. The number of hydrogen-bond acceptors (Lipinski definition) is 3. The highest BCUT2D eigenvalue weighted by atomic mass is 19.1. The maximum absolute atomic E-state index is 13.0. The van der Waals surface area contributed by atoms with Crippen LogP contribution in [-0.4, -0.2) is 24.7 Å². The fraction of sp³-hybridized carbons (Fsp3) is 0.188. The lowest BCUT2D eigenvalue weighted by Crippen LogP contribution is -2.28.